The summed E-state index contributed by atoms with van der Waals surface area (Å²) < 4.78 is 22.0. The summed E-state index contributed by atoms with van der Waals surface area (Å²) in [4.78, 5) is 34.2. The zero-order valence-corrected chi connectivity index (χ0v) is 25.5. The lowest BCUT2D eigenvalue weighted by atomic mass is 10.0. The molecule has 0 aliphatic heterocycles. The normalized spacial score (nSPS) is 11.9. The summed E-state index contributed by atoms with van der Waals surface area (Å²) in [7, 11) is 0. The zero-order valence-electron chi connectivity index (χ0n) is 23.3. The van der Waals surface area contributed by atoms with Crippen LogP contribution in [-0.2, 0) is 34.7 Å². The SMILES string of the molecule is CC(=O)C(N)Cc1cccc(OCC(=O)OC(C)(C)C)c1.CC(C)(C)OC(=O)COc1cccc(CI)c1. The van der Waals surface area contributed by atoms with Crippen molar-refractivity contribution in [2.45, 2.75) is 76.6 Å². The first kappa shape index (κ1) is 33.4. The van der Waals surface area contributed by atoms with Crippen molar-refractivity contribution in [1.82, 2.24) is 0 Å². The minimum atomic E-state index is -0.531. The number of alkyl halides is 1. The van der Waals surface area contributed by atoms with E-state index in [2.05, 4.69) is 22.6 Å². The zero-order chi connectivity index (χ0) is 28.9. The minimum Gasteiger partial charge on any atom is -0.482 e. The maximum Gasteiger partial charge on any atom is 0.344 e. The van der Waals surface area contributed by atoms with E-state index in [0.717, 1.165) is 9.99 Å². The van der Waals surface area contributed by atoms with Crippen LogP contribution in [0.5, 0.6) is 11.5 Å². The molecule has 210 valence electrons. The molecule has 0 bridgehead atoms. The van der Waals surface area contributed by atoms with Gasteiger partial charge >= 0.3 is 11.9 Å². The van der Waals surface area contributed by atoms with E-state index in [1.165, 1.54) is 12.5 Å². The van der Waals surface area contributed by atoms with E-state index in [1.54, 1.807) is 39.0 Å². The van der Waals surface area contributed by atoms with Gasteiger partial charge in [0.1, 0.15) is 28.5 Å². The number of carbonyl (C=O) groups is 3. The number of halogens is 1. The van der Waals surface area contributed by atoms with Gasteiger partial charge in [0, 0.05) is 4.43 Å². The molecule has 2 aromatic carbocycles. The third kappa shape index (κ3) is 15.6. The quantitative estimate of drug-likeness (QED) is 0.214. The van der Waals surface area contributed by atoms with Crippen molar-refractivity contribution >= 4 is 40.3 Å². The van der Waals surface area contributed by atoms with Crippen molar-refractivity contribution in [1.29, 1.82) is 0 Å². The standard InChI is InChI=1S/C16H23NO4.C13H17IO3/c1-11(18)14(17)9-12-6-5-7-13(8-12)20-10-15(19)21-16(2,3)4;1-13(2,3)17-12(15)9-16-11-6-4-5-10(7-11)8-14/h5-8,14H,9-10,17H2,1-4H3;4-7H,8-9H2,1-3H3. The Morgan fingerprint density at radius 3 is 1.61 bits per heavy atom. The molecular weight excluding hydrogens is 601 g/mol. The Hall–Kier alpha value is -2.66. The van der Waals surface area contributed by atoms with Gasteiger partial charge in [-0.2, -0.15) is 0 Å². The Labute approximate surface area is 239 Å². The lowest BCUT2D eigenvalue weighted by molar-refractivity contribution is -0.158. The van der Waals surface area contributed by atoms with Crippen molar-refractivity contribution in [3.05, 3.63) is 59.7 Å². The summed E-state index contributed by atoms with van der Waals surface area (Å²) in [5.41, 5.74) is 6.79. The Kier molecular flexibility index (Phi) is 13.8. The summed E-state index contributed by atoms with van der Waals surface area (Å²) in [6.45, 7) is 12.2. The first-order valence-corrected chi connectivity index (χ1v) is 13.8. The predicted octanol–water partition coefficient (Wildman–Crippen LogP) is 5.21. The maximum absolute atomic E-state index is 11.6. The fraction of sp³-hybridized carbons (Fsp3) is 0.483. The number of esters is 2. The van der Waals surface area contributed by atoms with Gasteiger partial charge in [0.05, 0.1) is 6.04 Å². The highest BCUT2D eigenvalue weighted by atomic mass is 127. The van der Waals surface area contributed by atoms with E-state index in [4.69, 9.17) is 24.7 Å². The van der Waals surface area contributed by atoms with Gasteiger partial charge in [0.25, 0.3) is 0 Å². The molecule has 0 spiro atoms. The number of benzene rings is 2. The second kappa shape index (κ2) is 15.7. The molecule has 9 heteroatoms. The molecule has 8 nitrogen and oxygen atoms in total. The topological polar surface area (TPSA) is 114 Å². The first-order chi connectivity index (χ1) is 17.6. The number of ether oxygens (including phenoxy) is 4. The van der Waals surface area contributed by atoms with Gasteiger partial charge in [0.15, 0.2) is 13.2 Å². The van der Waals surface area contributed by atoms with Crippen molar-refractivity contribution < 1.29 is 33.3 Å². The van der Waals surface area contributed by atoms with Crippen LogP contribution in [-0.4, -0.2) is 48.2 Å². The van der Waals surface area contributed by atoms with Crippen molar-refractivity contribution in [2.75, 3.05) is 13.2 Å². The third-order valence-corrected chi connectivity index (χ3v) is 5.36. The van der Waals surface area contributed by atoms with Gasteiger partial charge in [-0.05, 0) is 90.3 Å². The molecule has 1 unspecified atom stereocenters. The highest BCUT2D eigenvalue weighted by Crippen LogP contribution is 2.17. The number of Topliss-reactive ketones (excluding diaryl/α,β-unsaturated/α-hetero) is 1. The highest BCUT2D eigenvalue weighted by molar-refractivity contribution is 14.1. The molecule has 0 aromatic heterocycles. The largest absolute Gasteiger partial charge is 0.482 e. The average molecular weight is 642 g/mol. The van der Waals surface area contributed by atoms with E-state index in [0.29, 0.717) is 17.9 Å². The van der Waals surface area contributed by atoms with Gasteiger partial charge in [0.2, 0.25) is 0 Å². The molecule has 0 radical (unpaired) electrons. The summed E-state index contributed by atoms with van der Waals surface area (Å²) in [6.07, 6.45) is 0.443. The predicted molar refractivity (Wildman–Crippen MR) is 156 cm³/mol. The smallest absolute Gasteiger partial charge is 0.344 e. The average Bonchev–Trinajstić information content (AvgIpc) is 2.80. The van der Waals surface area contributed by atoms with Gasteiger partial charge in [-0.3, -0.25) is 4.79 Å². The first-order valence-electron chi connectivity index (χ1n) is 12.3. The van der Waals surface area contributed by atoms with E-state index >= 15 is 0 Å². The molecule has 0 fully saturated rings. The lowest BCUT2D eigenvalue weighted by Gasteiger charge is -2.19. The number of hydrogen-bond acceptors (Lipinski definition) is 8. The van der Waals surface area contributed by atoms with Gasteiger partial charge in [-0.1, -0.05) is 46.9 Å². The van der Waals surface area contributed by atoms with Gasteiger partial charge in [-0.15, -0.1) is 0 Å². The Morgan fingerprint density at radius 2 is 1.21 bits per heavy atom. The van der Waals surface area contributed by atoms with Crippen LogP contribution in [0, 0.1) is 0 Å². The number of nitrogens with two attached hydrogens (primary N) is 1. The second-order valence-electron chi connectivity index (χ2n) is 10.6. The van der Waals surface area contributed by atoms with Crippen molar-refractivity contribution in [3.8, 4) is 11.5 Å². The molecule has 0 aliphatic carbocycles. The molecule has 0 amide bonds. The van der Waals surface area contributed by atoms with Crippen LogP contribution in [0.1, 0.15) is 59.6 Å². The monoisotopic (exact) mass is 641 g/mol. The molecule has 2 N–H and O–H groups in total. The van der Waals surface area contributed by atoms with E-state index in [-0.39, 0.29) is 25.0 Å². The van der Waals surface area contributed by atoms with Crippen LogP contribution in [0.3, 0.4) is 0 Å². The molecule has 0 aliphatic rings. The lowest BCUT2D eigenvalue weighted by Crippen LogP contribution is -2.30. The Bertz CT molecular complexity index is 1060. The van der Waals surface area contributed by atoms with E-state index in [9.17, 15) is 14.4 Å². The number of ketones is 1. The fourth-order valence-corrected chi connectivity index (χ4v) is 3.38. The second-order valence-corrected chi connectivity index (χ2v) is 11.4. The summed E-state index contributed by atoms with van der Waals surface area (Å²) in [5, 5.41) is 0. The molecule has 0 saturated carbocycles. The Morgan fingerprint density at radius 1 is 0.789 bits per heavy atom. The number of hydrogen-bond donors (Lipinski definition) is 1. The molecule has 2 aromatic rings. The molecule has 38 heavy (non-hydrogen) atoms. The molecular formula is C29H40INO7. The molecule has 1 atom stereocenters. The fourth-order valence-electron chi connectivity index (χ4n) is 2.90. The third-order valence-electron chi connectivity index (χ3n) is 4.48. The van der Waals surface area contributed by atoms with Crippen LogP contribution < -0.4 is 15.2 Å². The van der Waals surface area contributed by atoms with Crippen LogP contribution in [0.2, 0.25) is 0 Å². The van der Waals surface area contributed by atoms with Crippen LogP contribution in [0.25, 0.3) is 0 Å². The summed E-state index contributed by atoms with van der Waals surface area (Å²) >= 11 is 2.28. The van der Waals surface area contributed by atoms with Crippen LogP contribution >= 0.6 is 22.6 Å². The Balaban J connectivity index is 0.000000389. The maximum atomic E-state index is 11.6. The highest BCUT2D eigenvalue weighted by Gasteiger charge is 2.17. The van der Waals surface area contributed by atoms with Crippen LogP contribution in [0.4, 0.5) is 0 Å². The number of carbonyl (C=O) groups excluding carboxylic acids is 3. The minimum absolute atomic E-state index is 0.0536. The van der Waals surface area contributed by atoms with Gasteiger partial charge in [-0.25, -0.2) is 9.59 Å². The summed E-state index contributed by atoms with van der Waals surface area (Å²) in [6, 6.07) is 14.4. The molecule has 0 saturated heterocycles. The molecule has 2 rings (SSSR count). The van der Waals surface area contributed by atoms with E-state index in [1.807, 2.05) is 51.1 Å². The summed E-state index contributed by atoms with van der Waals surface area (Å²) in [5.74, 6) is 0.417. The number of rotatable bonds is 10. The van der Waals surface area contributed by atoms with Gasteiger partial charge < -0.3 is 24.7 Å². The van der Waals surface area contributed by atoms with Crippen molar-refractivity contribution in [3.63, 3.8) is 0 Å². The van der Waals surface area contributed by atoms with Crippen LogP contribution in [0.15, 0.2) is 48.5 Å². The molecule has 0 heterocycles. The van der Waals surface area contributed by atoms with Crippen molar-refractivity contribution in [2.24, 2.45) is 5.73 Å². The van der Waals surface area contributed by atoms with E-state index < -0.39 is 23.2 Å².